The number of ketones is 1. The number of rotatable bonds is 5. The second-order valence-corrected chi connectivity index (χ2v) is 3.51. The summed E-state index contributed by atoms with van der Waals surface area (Å²) in [7, 11) is 0. The Bertz CT molecular complexity index is 147. The molecule has 64 valence electrons. The lowest BCUT2D eigenvalue weighted by molar-refractivity contribution is -0.117. The van der Waals surface area contributed by atoms with Crippen LogP contribution in [0.1, 0.15) is 40.0 Å². The van der Waals surface area contributed by atoms with Gasteiger partial charge in [-0.15, -0.1) is 6.58 Å². The van der Waals surface area contributed by atoms with E-state index in [9.17, 15) is 4.79 Å². The molecule has 1 nitrogen and oxygen atoms in total. The Labute approximate surface area is 69.5 Å². The maximum Gasteiger partial charge on any atom is 0.130 e. The van der Waals surface area contributed by atoms with Crippen LogP contribution in [0, 0.1) is 5.92 Å². The number of hydrogen-bond donors (Lipinski definition) is 0. The smallest absolute Gasteiger partial charge is 0.130 e. The van der Waals surface area contributed by atoms with Gasteiger partial charge in [0.2, 0.25) is 0 Å². The minimum atomic E-state index is 0.291. The van der Waals surface area contributed by atoms with Crippen LogP contribution in [-0.2, 0) is 4.79 Å². The van der Waals surface area contributed by atoms with Crippen LogP contribution >= 0.6 is 0 Å². The lowest BCUT2D eigenvalue weighted by Crippen LogP contribution is -2.01. The minimum Gasteiger partial charge on any atom is -0.300 e. The quantitative estimate of drug-likeness (QED) is 0.556. The lowest BCUT2D eigenvalue weighted by atomic mass is 9.98. The van der Waals surface area contributed by atoms with E-state index in [2.05, 4.69) is 13.5 Å². The number of allylic oxidation sites excluding steroid dienone is 1. The number of carbonyl (C=O) groups is 1. The van der Waals surface area contributed by atoms with Crippen molar-refractivity contribution in [3.05, 3.63) is 12.2 Å². The molecular formula is C10H18O. The predicted molar refractivity (Wildman–Crippen MR) is 48.5 cm³/mol. The molecule has 1 atom stereocenters. The summed E-state index contributed by atoms with van der Waals surface area (Å²) < 4.78 is 0. The third-order valence-corrected chi connectivity index (χ3v) is 1.70. The second-order valence-electron chi connectivity index (χ2n) is 3.51. The Balaban J connectivity index is 3.44. The molecule has 0 heterocycles. The Hall–Kier alpha value is -0.590. The van der Waals surface area contributed by atoms with Gasteiger partial charge in [0.05, 0.1) is 0 Å². The van der Waals surface area contributed by atoms with Crippen LogP contribution in [-0.4, -0.2) is 5.78 Å². The van der Waals surface area contributed by atoms with Crippen molar-refractivity contribution >= 4 is 5.78 Å². The zero-order valence-electron chi connectivity index (χ0n) is 7.81. The van der Waals surface area contributed by atoms with Gasteiger partial charge in [0.15, 0.2) is 0 Å². The SMILES string of the molecule is C=C(C)CCC(C)CC(C)=O. The van der Waals surface area contributed by atoms with Crippen LogP contribution in [0.5, 0.6) is 0 Å². The van der Waals surface area contributed by atoms with E-state index in [1.807, 2.05) is 6.92 Å². The summed E-state index contributed by atoms with van der Waals surface area (Å²) in [4.78, 5) is 10.7. The highest BCUT2D eigenvalue weighted by Gasteiger charge is 2.04. The van der Waals surface area contributed by atoms with Crippen LogP contribution in [0.15, 0.2) is 12.2 Å². The van der Waals surface area contributed by atoms with Crippen molar-refractivity contribution in [3.8, 4) is 0 Å². The molecule has 0 aliphatic heterocycles. The van der Waals surface area contributed by atoms with E-state index in [4.69, 9.17) is 0 Å². The van der Waals surface area contributed by atoms with Gasteiger partial charge in [-0.25, -0.2) is 0 Å². The lowest BCUT2D eigenvalue weighted by Gasteiger charge is -2.07. The van der Waals surface area contributed by atoms with Crippen molar-refractivity contribution in [3.63, 3.8) is 0 Å². The van der Waals surface area contributed by atoms with Crippen molar-refractivity contribution in [2.45, 2.75) is 40.0 Å². The zero-order valence-corrected chi connectivity index (χ0v) is 7.81. The van der Waals surface area contributed by atoms with Crippen LogP contribution in [0.3, 0.4) is 0 Å². The van der Waals surface area contributed by atoms with Gasteiger partial charge in [0.1, 0.15) is 5.78 Å². The highest BCUT2D eigenvalue weighted by atomic mass is 16.1. The van der Waals surface area contributed by atoms with Crippen molar-refractivity contribution in [1.29, 1.82) is 0 Å². The molecule has 1 unspecified atom stereocenters. The van der Waals surface area contributed by atoms with Gasteiger partial charge in [-0.3, -0.25) is 0 Å². The molecule has 0 aliphatic carbocycles. The Kier molecular flexibility index (Phi) is 4.84. The highest BCUT2D eigenvalue weighted by molar-refractivity contribution is 5.75. The van der Waals surface area contributed by atoms with Gasteiger partial charge >= 0.3 is 0 Å². The molecule has 11 heavy (non-hydrogen) atoms. The van der Waals surface area contributed by atoms with Crippen LogP contribution in [0.25, 0.3) is 0 Å². The van der Waals surface area contributed by atoms with Crippen LogP contribution < -0.4 is 0 Å². The predicted octanol–water partition coefficient (Wildman–Crippen LogP) is 2.96. The summed E-state index contributed by atoms with van der Waals surface area (Å²) in [6, 6.07) is 0. The van der Waals surface area contributed by atoms with Crippen LogP contribution in [0.2, 0.25) is 0 Å². The molecule has 0 saturated carbocycles. The first kappa shape index (κ1) is 10.4. The average Bonchev–Trinajstić information content (AvgIpc) is 1.82. The number of hydrogen-bond acceptors (Lipinski definition) is 1. The molecule has 0 fully saturated rings. The van der Waals surface area contributed by atoms with Gasteiger partial charge in [-0.05, 0) is 32.6 Å². The average molecular weight is 154 g/mol. The Morgan fingerprint density at radius 1 is 1.45 bits per heavy atom. The van der Waals surface area contributed by atoms with Crippen molar-refractivity contribution in [1.82, 2.24) is 0 Å². The Morgan fingerprint density at radius 3 is 2.36 bits per heavy atom. The number of Topliss-reactive ketones (excluding diaryl/α,β-unsaturated/α-hetero) is 1. The molecule has 0 rings (SSSR count). The molecule has 0 aromatic carbocycles. The van der Waals surface area contributed by atoms with Crippen molar-refractivity contribution in [2.24, 2.45) is 5.92 Å². The fraction of sp³-hybridized carbons (Fsp3) is 0.700. The summed E-state index contributed by atoms with van der Waals surface area (Å²) in [5, 5.41) is 0. The molecule has 0 aromatic heterocycles. The minimum absolute atomic E-state index is 0.291. The van der Waals surface area contributed by atoms with E-state index < -0.39 is 0 Å². The first-order valence-corrected chi connectivity index (χ1v) is 4.16. The molecule has 0 aliphatic rings. The van der Waals surface area contributed by atoms with E-state index in [1.54, 1.807) is 6.92 Å². The normalized spacial score (nSPS) is 12.6. The van der Waals surface area contributed by atoms with Gasteiger partial charge in [-0.1, -0.05) is 12.5 Å². The molecule has 0 bridgehead atoms. The second kappa shape index (κ2) is 5.11. The fourth-order valence-electron chi connectivity index (χ4n) is 1.09. The third-order valence-electron chi connectivity index (χ3n) is 1.70. The molecule has 0 saturated heterocycles. The van der Waals surface area contributed by atoms with Gasteiger partial charge in [0.25, 0.3) is 0 Å². The maximum atomic E-state index is 10.7. The van der Waals surface area contributed by atoms with E-state index in [1.165, 1.54) is 5.57 Å². The monoisotopic (exact) mass is 154 g/mol. The third kappa shape index (κ3) is 7.31. The zero-order chi connectivity index (χ0) is 8.85. The molecule has 0 N–H and O–H groups in total. The summed E-state index contributed by atoms with van der Waals surface area (Å²) in [5.74, 6) is 0.809. The first-order valence-electron chi connectivity index (χ1n) is 4.16. The first-order chi connectivity index (χ1) is 5.02. The number of carbonyl (C=O) groups excluding carboxylic acids is 1. The van der Waals surface area contributed by atoms with E-state index in [-0.39, 0.29) is 0 Å². The largest absolute Gasteiger partial charge is 0.300 e. The van der Waals surface area contributed by atoms with E-state index in [0.29, 0.717) is 18.1 Å². The topological polar surface area (TPSA) is 17.1 Å². The molecule has 0 spiro atoms. The van der Waals surface area contributed by atoms with E-state index >= 15 is 0 Å². The van der Waals surface area contributed by atoms with Crippen molar-refractivity contribution < 1.29 is 4.79 Å². The van der Waals surface area contributed by atoms with E-state index in [0.717, 1.165) is 12.8 Å². The summed E-state index contributed by atoms with van der Waals surface area (Å²) in [5.41, 5.74) is 1.21. The van der Waals surface area contributed by atoms with Gasteiger partial charge in [-0.2, -0.15) is 0 Å². The molecule has 0 aromatic rings. The molecule has 0 amide bonds. The van der Waals surface area contributed by atoms with Gasteiger partial charge < -0.3 is 4.79 Å². The molecular weight excluding hydrogens is 136 g/mol. The van der Waals surface area contributed by atoms with Crippen LogP contribution in [0.4, 0.5) is 0 Å². The maximum absolute atomic E-state index is 10.7. The summed E-state index contributed by atoms with van der Waals surface area (Å²) in [6.45, 7) is 9.62. The standard InChI is InChI=1S/C10H18O/c1-8(2)5-6-9(3)7-10(4)11/h9H,1,5-7H2,2-4H3. The fourth-order valence-corrected chi connectivity index (χ4v) is 1.09. The Morgan fingerprint density at radius 2 is 2.00 bits per heavy atom. The summed E-state index contributed by atoms with van der Waals surface area (Å²) in [6.07, 6.45) is 2.86. The van der Waals surface area contributed by atoms with Gasteiger partial charge in [0, 0.05) is 6.42 Å². The van der Waals surface area contributed by atoms with Crippen molar-refractivity contribution in [2.75, 3.05) is 0 Å². The molecule has 1 heteroatoms. The molecule has 0 radical (unpaired) electrons. The highest BCUT2D eigenvalue weighted by Crippen LogP contribution is 2.13. The summed E-state index contributed by atoms with van der Waals surface area (Å²) >= 11 is 0.